The summed E-state index contributed by atoms with van der Waals surface area (Å²) in [5.74, 6) is 0.166. The highest BCUT2D eigenvalue weighted by atomic mass is 19.4. The first-order valence-electron chi connectivity index (χ1n) is 6.26. The zero-order valence-electron chi connectivity index (χ0n) is 10.6. The Kier molecular flexibility index (Phi) is 4.37. The molecule has 0 radical (unpaired) electrons. The molecule has 0 amide bonds. The lowest BCUT2D eigenvalue weighted by Crippen LogP contribution is -2.23. The number of halogens is 4. The highest BCUT2D eigenvalue weighted by Crippen LogP contribution is 2.31. The van der Waals surface area contributed by atoms with Crippen molar-refractivity contribution in [2.45, 2.75) is 12.6 Å². The lowest BCUT2D eigenvalue weighted by molar-refractivity contribution is -0.137. The highest BCUT2D eigenvalue weighted by molar-refractivity contribution is 5.55. The number of nitrogens with zero attached hydrogens (tertiary/aromatic N) is 2. The van der Waals surface area contributed by atoms with Gasteiger partial charge in [-0.25, -0.2) is 4.98 Å². The first kappa shape index (κ1) is 14.9. The molecule has 2 aliphatic heterocycles. The predicted molar refractivity (Wildman–Crippen MR) is 63.3 cm³/mol. The van der Waals surface area contributed by atoms with E-state index in [1.807, 2.05) is 0 Å². The number of carbonyl (C=O) groups excluding carboxylic acids is 1. The summed E-state index contributed by atoms with van der Waals surface area (Å²) < 4.78 is 47.3. The van der Waals surface area contributed by atoms with Crippen LogP contribution in [0.3, 0.4) is 0 Å². The van der Waals surface area contributed by atoms with Crippen molar-refractivity contribution in [3.05, 3.63) is 29.8 Å². The summed E-state index contributed by atoms with van der Waals surface area (Å²) >= 11 is 0. The van der Waals surface area contributed by atoms with Gasteiger partial charge in [0.2, 0.25) is 5.95 Å². The highest BCUT2D eigenvalue weighted by Gasteiger charge is 2.37. The third-order valence-electron chi connectivity index (χ3n) is 3.61. The molecule has 3 heterocycles. The predicted octanol–water partition coefficient (Wildman–Crippen LogP) is 2.38. The van der Waals surface area contributed by atoms with E-state index in [1.54, 1.807) is 0 Å². The summed E-state index contributed by atoms with van der Waals surface area (Å²) in [7, 11) is 0. The third kappa shape index (κ3) is 3.53. The fourth-order valence-electron chi connectivity index (χ4n) is 2.52. The zero-order valence-corrected chi connectivity index (χ0v) is 10.6. The van der Waals surface area contributed by atoms with E-state index in [-0.39, 0.29) is 0 Å². The van der Waals surface area contributed by atoms with Gasteiger partial charge in [-0.3, -0.25) is 0 Å². The Hall–Kier alpha value is -1.50. The molecular formula is C13H14F4N2O. The number of pyridine rings is 1. The van der Waals surface area contributed by atoms with E-state index in [2.05, 4.69) is 9.88 Å². The van der Waals surface area contributed by atoms with Crippen molar-refractivity contribution < 1.29 is 22.4 Å². The first-order chi connectivity index (χ1) is 9.40. The molecule has 0 aliphatic carbocycles. The second kappa shape index (κ2) is 5.87. The van der Waals surface area contributed by atoms with E-state index in [4.69, 9.17) is 0 Å². The van der Waals surface area contributed by atoms with Crippen molar-refractivity contribution in [1.29, 1.82) is 0 Å². The smallest absolute Gasteiger partial charge is 0.303 e. The van der Waals surface area contributed by atoms with Crippen LogP contribution in [0.4, 0.5) is 17.6 Å². The van der Waals surface area contributed by atoms with Crippen molar-refractivity contribution in [2.24, 2.45) is 11.8 Å². The van der Waals surface area contributed by atoms with E-state index < -0.39 is 17.7 Å². The van der Waals surface area contributed by atoms with Gasteiger partial charge >= 0.3 is 6.18 Å². The number of aromatic nitrogens is 1. The fraction of sp³-hybridized carbons (Fsp3) is 0.538. The van der Waals surface area contributed by atoms with Crippen LogP contribution in [-0.2, 0) is 11.0 Å². The number of hydrogen-bond acceptors (Lipinski definition) is 3. The number of aldehydes is 1. The summed E-state index contributed by atoms with van der Waals surface area (Å²) in [6.07, 6.45) is -1.61. The van der Waals surface area contributed by atoms with Crippen molar-refractivity contribution >= 4 is 6.29 Å². The third-order valence-corrected chi connectivity index (χ3v) is 3.61. The Morgan fingerprint density at radius 1 is 1.30 bits per heavy atom. The summed E-state index contributed by atoms with van der Waals surface area (Å²) in [5.41, 5.74) is -0.945. The molecule has 0 N–H and O–H groups in total. The number of alkyl halides is 3. The Balaban J connectivity index is 0.000000149. The van der Waals surface area contributed by atoms with Crippen molar-refractivity contribution in [3.63, 3.8) is 0 Å². The minimum atomic E-state index is -4.44. The quantitative estimate of drug-likeness (QED) is 0.452. The lowest BCUT2D eigenvalue weighted by atomic mass is 9.94. The second-order valence-corrected chi connectivity index (χ2v) is 4.98. The van der Waals surface area contributed by atoms with Crippen LogP contribution in [0.2, 0.25) is 0 Å². The fourth-order valence-corrected chi connectivity index (χ4v) is 2.52. The largest absolute Gasteiger partial charge is 0.417 e. The van der Waals surface area contributed by atoms with Gasteiger partial charge in [-0.2, -0.15) is 17.6 Å². The molecule has 2 saturated heterocycles. The number of piperidine rings is 1. The van der Waals surface area contributed by atoms with Gasteiger partial charge in [0.25, 0.3) is 0 Å². The summed E-state index contributed by atoms with van der Waals surface area (Å²) in [6, 6.07) is 1.31. The van der Waals surface area contributed by atoms with E-state index >= 15 is 0 Å². The van der Waals surface area contributed by atoms with Crippen LogP contribution in [0.25, 0.3) is 0 Å². The maximum absolute atomic E-state index is 12.0. The van der Waals surface area contributed by atoms with Gasteiger partial charge in [0.15, 0.2) is 0 Å². The molecule has 1 aromatic rings. The van der Waals surface area contributed by atoms with Gasteiger partial charge in [0.1, 0.15) is 6.29 Å². The molecule has 1 aromatic heterocycles. The molecule has 20 heavy (non-hydrogen) atoms. The molecule has 3 unspecified atom stereocenters. The lowest BCUT2D eigenvalue weighted by Gasteiger charge is -2.15. The number of hydrogen-bond donors (Lipinski definition) is 0. The van der Waals surface area contributed by atoms with Gasteiger partial charge in [-0.05, 0) is 31.0 Å². The van der Waals surface area contributed by atoms with E-state index in [0.29, 0.717) is 30.2 Å². The maximum Gasteiger partial charge on any atom is 0.417 e. The SMILES string of the molecule is Fc1ccc(C(F)(F)F)cn1.O=CC1CN2CCC1C2. The Morgan fingerprint density at radius 3 is 2.40 bits per heavy atom. The normalized spacial score (nSPS) is 27.9. The Morgan fingerprint density at radius 2 is 2.05 bits per heavy atom. The van der Waals surface area contributed by atoms with Crippen LogP contribution >= 0.6 is 0 Å². The molecule has 7 heteroatoms. The molecule has 2 aliphatic rings. The van der Waals surface area contributed by atoms with Crippen LogP contribution in [0.5, 0.6) is 0 Å². The van der Waals surface area contributed by atoms with Crippen LogP contribution in [-0.4, -0.2) is 35.8 Å². The van der Waals surface area contributed by atoms with Crippen LogP contribution in [0.15, 0.2) is 18.3 Å². The van der Waals surface area contributed by atoms with E-state index in [9.17, 15) is 22.4 Å². The van der Waals surface area contributed by atoms with Crippen LogP contribution in [0.1, 0.15) is 12.0 Å². The average molecular weight is 290 g/mol. The van der Waals surface area contributed by atoms with Gasteiger partial charge in [-0.1, -0.05) is 0 Å². The number of rotatable bonds is 1. The van der Waals surface area contributed by atoms with Crippen molar-refractivity contribution in [3.8, 4) is 0 Å². The second-order valence-electron chi connectivity index (χ2n) is 4.98. The van der Waals surface area contributed by atoms with Gasteiger partial charge in [0.05, 0.1) is 5.56 Å². The first-order valence-corrected chi connectivity index (χ1v) is 6.26. The standard InChI is InChI=1S/C7H11NO.C6H3F4N/c9-5-7-4-8-2-1-6(7)3-8;7-5-2-1-4(3-11-5)6(8,9)10/h5-7H,1-4H2;1-3H. The summed E-state index contributed by atoms with van der Waals surface area (Å²) in [6.45, 7) is 3.45. The molecule has 3 rings (SSSR count). The monoisotopic (exact) mass is 290 g/mol. The van der Waals surface area contributed by atoms with E-state index in [0.717, 1.165) is 12.8 Å². The minimum absolute atomic E-state index is 0.374. The van der Waals surface area contributed by atoms with Gasteiger partial charge < -0.3 is 9.69 Å². The topological polar surface area (TPSA) is 33.2 Å². The Labute approximate surface area is 113 Å². The minimum Gasteiger partial charge on any atom is -0.303 e. The average Bonchev–Trinajstić information content (AvgIpc) is 3.01. The summed E-state index contributed by atoms with van der Waals surface area (Å²) in [5, 5.41) is 0. The number of fused-ring (bicyclic) bond motifs is 2. The van der Waals surface area contributed by atoms with Crippen LogP contribution in [0, 0.1) is 17.8 Å². The number of carbonyl (C=O) groups is 1. The molecule has 2 fully saturated rings. The maximum atomic E-state index is 12.0. The van der Waals surface area contributed by atoms with Crippen molar-refractivity contribution in [1.82, 2.24) is 9.88 Å². The van der Waals surface area contributed by atoms with Crippen LogP contribution < -0.4 is 0 Å². The van der Waals surface area contributed by atoms with Crippen molar-refractivity contribution in [2.75, 3.05) is 19.6 Å². The molecule has 0 saturated carbocycles. The molecule has 0 spiro atoms. The van der Waals surface area contributed by atoms with Gasteiger partial charge in [0, 0.05) is 25.2 Å². The zero-order chi connectivity index (χ0) is 14.8. The molecule has 3 nitrogen and oxygen atoms in total. The summed E-state index contributed by atoms with van der Waals surface area (Å²) in [4.78, 5) is 15.6. The molecule has 2 bridgehead atoms. The Bertz CT molecular complexity index is 460. The molecule has 0 aromatic carbocycles. The van der Waals surface area contributed by atoms with Gasteiger partial charge in [-0.15, -0.1) is 0 Å². The van der Waals surface area contributed by atoms with E-state index in [1.165, 1.54) is 19.5 Å². The molecule has 3 atom stereocenters. The molecular weight excluding hydrogens is 276 g/mol. The molecule has 110 valence electrons.